The first-order chi connectivity index (χ1) is 9.06. The Morgan fingerprint density at radius 1 is 1.32 bits per heavy atom. The Morgan fingerprint density at radius 2 is 2.05 bits per heavy atom. The van der Waals surface area contributed by atoms with Gasteiger partial charge in [-0.2, -0.15) is 5.10 Å². The van der Waals surface area contributed by atoms with Crippen LogP contribution in [0.4, 0.5) is 0 Å². The Hall–Kier alpha value is -0.990. The summed E-state index contributed by atoms with van der Waals surface area (Å²) in [7, 11) is 1.98. The quantitative estimate of drug-likeness (QED) is 0.805. The number of benzene rings is 1. The topological polar surface area (TPSA) is 17.8 Å². The largest absolute Gasteiger partial charge is 0.267 e. The molecule has 0 aliphatic heterocycles. The van der Waals surface area contributed by atoms with Crippen molar-refractivity contribution in [2.45, 2.75) is 26.2 Å². The third-order valence-electron chi connectivity index (χ3n) is 3.72. The van der Waals surface area contributed by atoms with E-state index in [1.807, 2.05) is 23.9 Å². The second-order valence-corrected chi connectivity index (χ2v) is 6.15. The summed E-state index contributed by atoms with van der Waals surface area (Å²) in [5.41, 5.74) is 4.58. The highest BCUT2D eigenvalue weighted by Gasteiger charge is 2.26. The molecule has 2 aromatic rings. The molecule has 1 aromatic carbocycles. The Morgan fingerprint density at radius 3 is 2.68 bits per heavy atom. The number of hydrogen-bond acceptors (Lipinski definition) is 1. The van der Waals surface area contributed by atoms with Gasteiger partial charge in [0, 0.05) is 23.2 Å². The number of hydrogen-bond donors (Lipinski definition) is 0. The van der Waals surface area contributed by atoms with Crippen molar-refractivity contribution in [1.29, 1.82) is 0 Å². The predicted octanol–water partition coefficient (Wildman–Crippen LogP) is 4.65. The van der Waals surface area contributed by atoms with E-state index in [-0.39, 0.29) is 0 Å². The molecule has 0 radical (unpaired) electrons. The van der Waals surface area contributed by atoms with Crippen LogP contribution in [-0.4, -0.2) is 9.78 Å². The van der Waals surface area contributed by atoms with E-state index in [9.17, 15) is 0 Å². The van der Waals surface area contributed by atoms with Gasteiger partial charge in [0.2, 0.25) is 0 Å². The summed E-state index contributed by atoms with van der Waals surface area (Å²) in [6.45, 7) is 2.07. The van der Waals surface area contributed by atoms with E-state index < -0.39 is 0 Å². The molecular formula is C15H16Cl2N2. The van der Waals surface area contributed by atoms with Crippen LogP contribution in [0.3, 0.4) is 0 Å². The minimum Gasteiger partial charge on any atom is -0.267 e. The van der Waals surface area contributed by atoms with Gasteiger partial charge in [-0.15, -0.1) is 0 Å². The van der Waals surface area contributed by atoms with Crippen LogP contribution in [0.25, 0.3) is 11.3 Å². The van der Waals surface area contributed by atoms with E-state index in [0.29, 0.717) is 10.0 Å². The number of rotatable bonds is 3. The third kappa shape index (κ3) is 2.52. The summed E-state index contributed by atoms with van der Waals surface area (Å²) in [6.07, 6.45) is 3.78. The highest BCUT2D eigenvalue weighted by atomic mass is 35.5. The van der Waals surface area contributed by atoms with Crippen molar-refractivity contribution < 1.29 is 0 Å². The molecule has 1 fully saturated rings. The maximum atomic E-state index is 6.34. The number of aromatic nitrogens is 2. The summed E-state index contributed by atoms with van der Waals surface area (Å²) in [5.74, 6) is 0.827. The second-order valence-electron chi connectivity index (χ2n) is 5.31. The van der Waals surface area contributed by atoms with Crippen molar-refractivity contribution in [1.82, 2.24) is 9.78 Å². The molecule has 1 saturated carbocycles. The third-order valence-corrected chi connectivity index (χ3v) is 4.27. The summed E-state index contributed by atoms with van der Waals surface area (Å²) in [6, 6.07) is 5.66. The van der Waals surface area contributed by atoms with E-state index in [4.69, 9.17) is 23.2 Å². The average Bonchev–Trinajstić information content (AvgIpc) is 3.09. The van der Waals surface area contributed by atoms with Crippen molar-refractivity contribution in [3.05, 3.63) is 39.5 Å². The molecule has 0 atom stereocenters. The van der Waals surface area contributed by atoms with Gasteiger partial charge in [0.1, 0.15) is 0 Å². The van der Waals surface area contributed by atoms with E-state index in [0.717, 1.165) is 29.3 Å². The van der Waals surface area contributed by atoms with Crippen LogP contribution in [-0.2, 0) is 13.5 Å². The van der Waals surface area contributed by atoms with Gasteiger partial charge in [-0.1, -0.05) is 23.2 Å². The summed E-state index contributed by atoms with van der Waals surface area (Å²) in [5, 5.41) is 5.91. The van der Waals surface area contributed by atoms with Gasteiger partial charge in [-0.05, 0) is 50.3 Å². The average molecular weight is 295 g/mol. The zero-order valence-corrected chi connectivity index (χ0v) is 12.6. The molecule has 0 saturated heterocycles. The lowest BCUT2D eigenvalue weighted by Crippen LogP contribution is -1.97. The van der Waals surface area contributed by atoms with Crippen molar-refractivity contribution in [2.75, 3.05) is 0 Å². The molecule has 1 heterocycles. The normalized spacial score (nSPS) is 14.9. The number of nitrogens with zero attached hydrogens (tertiary/aromatic N) is 2. The fourth-order valence-corrected chi connectivity index (χ4v) is 3.07. The van der Waals surface area contributed by atoms with Gasteiger partial charge in [0.05, 0.1) is 16.4 Å². The van der Waals surface area contributed by atoms with Crippen LogP contribution >= 0.6 is 23.2 Å². The predicted molar refractivity (Wildman–Crippen MR) is 79.8 cm³/mol. The molecule has 1 aliphatic carbocycles. The molecular weight excluding hydrogens is 279 g/mol. The Balaban J connectivity index is 2.12. The highest BCUT2D eigenvalue weighted by molar-refractivity contribution is 6.36. The molecule has 100 valence electrons. The second kappa shape index (κ2) is 4.84. The summed E-state index contributed by atoms with van der Waals surface area (Å²) in [4.78, 5) is 0. The lowest BCUT2D eigenvalue weighted by Gasteiger charge is -2.09. The minimum atomic E-state index is 0.663. The van der Waals surface area contributed by atoms with Crippen LogP contribution in [0.15, 0.2) is 18.2 Å². The van der Waals surface area contributed by atoms with E-state index in [1.165, 1.54) is 18.4 Å². The van der Waals surface area contributed by atoms with Crippen molar-refractivity contribution in [2.24, 2.45) is 13.0 Å². The maximum Gasteiger partial charge on any atom is 0.0728 e. The van der Waals surface area contributed by atoms with E-state index in [1.54, 1.807) is 6.07 Å². The Kier molecular flexibility index (Phi) is 3.32. The molecule has 0 N–H and O–H groups in total. The molecule has 0 unspecified atom stereocenters. The maximum absolute atomic E-state index is 6.34. The highest BCUT2D eigenvalue weighted by Crippen LogP contribution is 2.39. The molecule has 4 heteroatoms. The van der Waals surface area contributed by atoms with Gasteiger partial charge >= 0.3 is 0 Å². The summed E-state index contributed by atoms with van der Waals surface area (Å²) >= 11 is 12.3. The van der Waals surface area contributed by atoms with Crippen LogP contribution in [0.1, 0.15) is 24.1 Å². The zero-order valence-electron chi connectivity index (χ0n) is 11.1. The monoisotopic (exact) mass is 294 g/mol. The fourth-order valence-electron chi connectivity index (χ4n) is 2.58. The zero-order chi connectivity index (χ0) is 13.6. The molecule has 1 aromatic heterocycles. The first-order valence-corrected chi connectivity index (χ1v) is 7.29. The van der Waals surface area contributed by atoms with Crippen LogP contribution in [0, 0.1) is 12.8 Å². The first kappa shape index (κ1) is 13.0. The molecule has 2 nitrogen and oxygen atoms in total. The Labute approximate surface area is 123 Å². The molecule has 19 heavy (non-hydrogen) atoms. The Bertz CT molecular complexity index is 627. The van der Waals surface area contributed by atoms with Crippen molar-refractivity contribution in [3.8, 4) is 11.3 Å². The lowest BCUT2D eigenvalue weighted by atomic mass is 10.0. The van der Waals surface area contributed by atoms with Crippen molar-refractivity contribution in [3.63, 3.8) is 0 Å². The SMILES string of the molecule is Cc1nn(C)c(-c2ccc(Cl)cc2Cl)c1CC1CC1. The molecule has 0 bridgehead atoms. The van der Waals surface area contributed by atoms with Gasteiger partial charge < -0.3 is 0 Å². The minimum absolute atomic E-state index is 0.663. The van der Waals surface area contributed by atoms with Crippen LogP contribution < -0.4 is 0 Å². The van der Waals surface area contributed by atoms with Gasteiger partial charge in [0.25, 0.3) is 0 Å². The number of halogens is 2. The smallest absolute Gasteiger partial charge is 0.0728 e. The molecule has 3 rings (SSSR count). The van der Waals surface area contributed by atoms with Gasteiger partial charge in [0.15, 0.2) is 0 Å². The number of aryl methyl sites for hydroxylation is 2. The van der Waals surface area contributed by atoms with E-state index >= 15 is 0 Å². The first-order valence-electron chi connectivity index (χ1n) is 6.54. The van der Waals surface area contributed by atoms with Gasteiger partial charge in [-0.25, -0.2) is 0 Å². The van der Waals surface area contributed by atoms with Crippen LogP contribution in [0.5, 0.6) is 0 Å². The van der Waals surface area contributed by atoms with Crippen molar-refractivity contribution >= 4 is 23.2 Å². The van der Waals surface area contributed by atoms with Gasteiger partial charge in [-0.3, -0.25) is 4.68 Å². The molecule has 0 spiro atoms. The van der Waals surface area contributed by atoms with Crippen LogP contribution in [0.2, 0.25) is 10.0 Å². The summed E-state index contributed by atoms with van der Waals surface area (Å²) < 4.78 is 1.93. The standard InChI is InChI=1S/C15H16Cl2N2/c1-9-13(7-10-3-4-10)15(19(2)18-9)12-6-5-11(16)8-14(12)17/h5-6,8,10H,3-4,7H2,1-2H3. The van der Waals surface area contributed by atoms with E-state index in [2.05, 4.69) is 12.0 Å². The fraction of sp³-hybridized carbons (Fsp3) is 0.400. The molecule has 0 amide bonds. The lowest BCUT2D eigenvalue weighted by molar-refractivity contribution is 0.764. The molecule has 1 aliphatic rings.